The van der Waals surface area contributed by atoms with Gasteiger partial charge in [-0.05, 0) is 44.7 Å². The van der Waals surface area contributed by atoms with Crippen LogP contribution >= 0.6 is 11.3 Å². The number of nitrogens with zero attached hydrogens (tertiary/aromatic N) is 2. The molecule has 2 aromatic heterocycles. The van der Waals surface area contributed by atoms with Crippen molar-refractivity contribution < 1.29 is 9.90 Å². The quantitative estimate of drug-likeness (QED) is 0.908. The van der Waals surface area contributed by atoms with Crippen LogP contribution in [-0.2, 0) is 0 Å². The van der Waals surface area contributed by atoms with Gasteiger partial charge in [0.1, 0.15) is 4.88 Å². The van der Waals surface area contributed by atoms with Crippen LogP contribution in [-0.4, -0.2) is 27.1 Å². The molecule has 1 aliphatic carbocycles. The van der Waals surface area contributed by atoms with Crippen molar-refractivity contribution >= 4 is 17.2 Å². The number of aromatic nitrogens is 2. The second kappa shape index (κ2) is 6.14. The number of thiazole rings is 1. The summed E-state index contributed by atoms with van der Waals surface area (Å²) in [4.78, 5) is 21.9. The van der Waals surface area contributed by atoms with Crippen LogP contribution in [0.2, 0.25) is 0 Å². The number of carbonyl (C=O) groups excluding carboxylic acids is 1. The van der Waals surface area contributed by atoms with Crippen molar-refractivity contribution in [1.82, 2.24) is 15.3 Å². The Kier molecular flexibility index (Phi) is 4.22. The smallest absolute Gasteiger partial charge is 0.263 e. The van der Waals surface area contributed by atoms with Crippen molar-refractivity contribution in [3.63, 3.8) is 0 Å². The zero-order valence-electron chi connectivity index (χ0n) is 12.6. The number of hydrogen-bond acceptors (Lipinski definition) is 5. The Morgan fingerprint density at radius 2 is 2.18 bits per heavy atom. The predicted octanol–water partition coefficient (Wildman–Crippen LogP) is 2.40. The number of nitrogens with one attached hydrogen (secondary N) is 1. The van der Waals surface area contributed by atoms with Gasteiger partial charge in [-0.1, -0.05) is 6.07 Å². The molecule has 2 heterocycles. The van der Waals surface area contributed by atoms with Crippen LogP contribution in [0, 0.1) is 19.8 Å². The van der Waals surface area contributed by atoms with Gasteiger partial charge in [0.2, 0.25) is 0 Å². The zero-order chi connectivity index (χ0) is 15.7. The van der Waals surface area contributed by atoms with E-state index in [1.165, 1.54) is 11.3 Å². The van der Waals surface area contributed by atoms with E-state index in [0.29, 0.717) is 17.7 Å². The topological polar surface area (TPSA) is 75.1 Å². The lowest BCUT2D eigenvalue weighted by atomic mass is 9.76. The highest BCUT2D eigenvalue weighted by molar-refractivity contribution is 7.13. The molecular weight excluding hydrogens is 298 g/mol. The molecule has 1 aliphatic rings. The van der Waals surface area contributed by atoms with Gasteiger partial charge >= 0.3 is 0 Å². The van der Waals surface area contributed by atoms with Crippen molar-refractivity contribution in [3.8, 4) is 0 Å². The van der Waals surface area contributed by atoms with Crippen molar-refractivity contribution in [2.24, 2.45) is 5.92 Å². The molecule has 1 fully saturated rings. The number of pyridine rings is 1. The van der Waals surface area contributed by atoms with Crippen molar-refractivity contribution in [2.45, 2.75) is 38.8 Å². The first kappa shape index (κ1) is 15.1. The maximum atomic E-state index is 12.6. The standard InChI is InChI=1S/C16H19N3O2S/c1-9-15(22-10(2)18-9)16(21)19-14(11-7-12(20)8-11)13-5-3-4-6-17-13/h3-6,11-12,14,20H,7-8H2,1-2H3,(H,19,21)/t11?,12?,14-/m0/s1. The normalized spacial score (nSPS) is 22.0. The predicted molar refractivity (Wildman–Crippen MR) is 84.8 cm³/mol. The van der Waals surface area contributed by atoms with Gasteiger partial charge in [-0.3, -0.25) is 9.78 Å². The highest BCUT2D eigenvalue weighted by atomic mass is 32.1. The first-order valence-electron chi connectivity index (χ1n) is 7.38. The molecule has 6 heteroatoms. The first-order valence-corrected chi connectivity index (χ1v) is 8.20. The maximum absolute atomic E-state index is 12.6. The van der Waals surface area contributed by atoms with Crippen LogP contribution in [0.4, 0.5) is 0 Å². The summed E-state index contributed by atoms with van der Waals surface area (Å²) in [7, 11) is 0. The fourth-order valence-corrected chi connectivity index (χ4v) is 3.67. The molecule has 0 bridgehead atoms. The second-order valence-corrected chi connectivity index (χ2v) is 6.94. The summed E-state index contributed by atoms with van der Waals surface area (Å²) in [5, 5.41) is 13.5. The van der Waals surface area contributed by atoms with E-state index in [-0.39, 0.29) is 24.0 Å². The Bertz CT molecular complexity index is 665. The highest BCUT2D eigenvalue weighted by Gasteiger charge is 2.36. The molecule has 22 heavy (non-hydrogen) atoms. The van der Waals surface area contributed by atoms with Crippen LogP contribution in [0.3, 0.4) is 0 Å². The summed E-state index contributed by atoms with van der Waals surface area (Å²) in [5.74, 6) is 0.114. The van der Waals surface area contributed by atoms with Crippen LogP contribution in [0.25, 0.3) is 0 Å². The molecule has 1 saturated carbocycles. The van der Waals surface area contributed by atoms with Gasteiger partial charge < -0.3 is 10.4 Å². The van der Waals surface area contributed by atoms with Gasteiger partial charge in [0, 0.05) is 6.20 Å². The lowest BCUT2D eigenvalue weighted by Gasteiger charge is -2.37. The number of aryl methyl sites for hydroxylation is 2. The van der Waals surface area contributed by atoms with Crippen molar-refractivity contribution in [3.05, 3.63) is 45.7 Å². The first-order chi connectivity index (χ1) is 10.5. The Morgan fingerprint density at radius 1 is 1.41 bits per heavy atom. The molecule has 0 saturated heterocycles. The number of aliphatic hydroxyl groups excluding tert-OH is 1. The Hall–Kier alpha value is -1.79. The second-order valence-electron chi connectivity index (χ2n) is 5.74. The third kappa shape index (κ3) is 3.03. The number of hydrogen-bond donors (Lipinski definition) is 2. The van der Waals surface area contributed by atoms with Crippen molar-refractivity contribution in [2.75, 3.05) is 0 Å². The molecular formula is C16H19N3O2S. The molecule has 2 aromatic rings. The van der Waals surface area contributed by atoms with E-state index in [1.807, 2.05) is 32.0 Å². The lowest BCUT2D eigenvalue weighted by Crippen LogP contribution is -2.41. The van der Waals surface area contributed by atoms with Gasteiger partial charge in [0.15, 0.2) is 0 Å². The van der Waals surface area contributed by atoms with Crippen LogP contribution in [0.1, 0.15) is 45.0 Å². The zero-order valence-corrected chi connectivity index (χ0v) is 13.4. The molecule has 116 valence electrons. The maximum Gasteiger partial charge on any atom is 0.263 e. The molecule has 5 nitrogen and oxygen atoms in total. The summed E-state index contributed by atoms with van der Waals surface area (Å²) in [6.07, 6.45) is 2.86. The van der Waals surface area contributed by atoms with Gasteiger partial charge in [0.05, 0.1) is 28.5 Å². The van der Waals surface area contributed by atoms with Gasteiger partial charge in [-0.15, -0.1) is 11.3 Å². The lowest BCUT2D eigenvalue weighted by molar-refractivity contribution is 0.0228. The van der Waals surface area contributed by atoms with Crippen LogP contribution in [0.15, 0.2) is 24.4 Å². The monoisotopic (exact) mass is 317 g/mol. The molecule has 1 amide bonds. The molecule has 0 radical (unpaired) electrons. The average molecular weight is 317 g/mol. The van der Waals surface area contributed by atoms with Gasteiger partial charge in [-0.25, -0.2) is 4.98 Å². The fourth-order valence-electron chi connectivity index (χ4n) is 2.84. The van der Waals surface area contributed by atoms with Crippen molar-refractivity contribution in [1.29, 1.82) is 0 Å². The number of amides is 1. The number of aliphatic hydroxyl groups is 1. The Balaban J connectivity index is 1.81. The Morgan fingerprint density at radius 3 is 2.73 bits per heavy atom. The largest absolute Gasteiger partial charge is 0.393 e. The van der Waals surface area contributed by atoms with E-state index in [2.05, 4.69) is 15.3 Å². The van der Waals surface area contributed by atoms with E-state index in [9.17, 15) is 9.90 Å². The Labute approximate surface area is 133 Å². The van der Waals surface area contributed by atoms with Gasteiger partial charge in [-0.2, -0.15) is 0 Å². The summed E-state index contributed by atoms with van der Waals surface area (Å²) < 4.78 is 0. The summed E-state index contributed by atoms with van der Waals surface area (Å²) >= 11 is 1.40. The minimum absolute atomic E-state index is 0.111. The van der Waals surface area contributed by atoms with E-state index < -0.39 is 0 Å². The van der Waals surface area contributed by atoms with E-state index in [0.717, 1.165) is 16.4 Å². The minimum Gasteiger partial charge on any atom is -0.393 e. The van der Waals surface area contributed by atoms with Crippen LogP contribution in [0.5, 0.6) is 0 Å². The summed E-state index contributed by atoms with van der Waals surface area (Å²) in [6.45, 7) is 3.74. The summed E-state index contributed by atoms with van der Waals surface area (Å²) in [5.41, 5.74) is 1.60. The molecule has 0 aliphatic heterocycles. The molecule has 0 unspecified atom stereocenters. The molecule has 3 rings (SSSR count). The number of carbonyl (C=O) groups is 1. The molecule has 0 spiro atoms. The van der Waals surface area contributed by atoms with E-state index >= 15 is 0 Å². The number of rotatable bonds is 4. The van der Waals surface area contributed by atoms with Crippen LogP contribution < -0.4 is 5.32 Å². The SMILES string of the molecule is Cc1nc(C)c(C(=O)N[C@H](c2ccccn2)C2CC(O)C2)s1. The van der Waals surface area contributed by atoms with E-state index in [1.54, 1.807) is 6.20 Å². The minimum atomic E-state index is -0.263. The average Bonchev–Trinajstić information content (AvgIpc) is 2.81. The summed E-state index contributed by atoms with van der Waals surface area (Å²) in [6, 6.07) is 5.52. The molecule has 1 atom stereocenters. The van der Waals surface area contributed by atoms with Gasteiger partial charge in [0.25, 0.3) is 5.91 Å². The van der Waals surface area contributed by atoms with E-state index in [4.69, 9.17) is 0 Å². The third-order valence-electron chi connectivity index (χ3n) is 4.02. The molecule has 2 N–H and O–H groups in total. The fraction of sp³-hybridized carbons (Fsp3) is 0.438. The third-order valence-corrected chi connectivity index (χ3v) is 5.10. The molecule has 0 aromatic carbocycles. The highest BCUT2D eigenvalue weighted by Crippen LogP contribution is 2.37.